The molecule has 1 heterocycles. The van der Waals surface area contributed by atoms with Gasteiger partial charge in [-0.3, -0.25) is 10.2 Å². The van der Waals surface area contributed by atoms with Crippen LogP contribution in [-0.2, 0) is 11.3 Å². The van der Waals surface area contributed by atoms with E-state index >= 15 is 0 Å². The van der Waals surface area contributed by atoms with Gasteiger partial charge in [0.2, 0.25) is 5.88 Å². The van der Waals surface area contributed by atoms with Gasteiger partial charge in [-0.05, 0) is 23.8 Å². The number of rotatable bonds is 5. The van der Waals surface area contributed by atoms with E-state index in [9.17, 15) is 4.79 Å². The van der Waals surface area contributed by atoms with Gasteiger partial charge in [-0.2, -0.15) is 0 Å². The molecule has 0 aliphatic carbocycles. The summed E-state index contributed by atoms with van der Waals surface area (Å²) in [5.74, 6) is 0.286. The largest absolute Gasteiger partial charge is 0.473 e. The molecule has 0 saturated heterocycles. The fourth-order valence-electron chi connectivity index (χ4n) is 2.45. The molecule has 24 heavy (non-hydrogen) atoms. The van der Waals surface area contributed by atoms with Crippen LogP contribution in [0, 0.1) is 0 Å². The Kier molecular flexibility index (Phi) is 5.09. The van der Waals surface area contributed by atoms with E-state index in [0.29, 0.717) is 40.2 Å². The third kappa shape index (κ3) is 3.73. The Morgan fingerprint density at radius 1 is 1.21 bits per heavy atom. The molecule has 0 bridgehead atoms. The average molecular weight is 363 g/mol. The lowest BCUT2D eigenvalue weighted by molar-refractivity contribution is 0.102. The minimum absolute atomic E-state index is 0.170. The van der Waals surface area contributed by atoms with Crippen LogP contribution in [0.4, 0.5) is 0 Å². The van der Waals surface area contributed by atoms with Crippen LogP contribution in [0.1, 0.15) is 15.9 Å². The molecule has 2 aromatic rings. The first kappa shape index (κ1) is 16.8. The number of nitrogens with zero attached hydrogens (tertiary/aromatic N) is 1. The quantitative estimate of drug-likeness (QED) is 0.814. The molecule has 0 aromatic heterocycles. The lowest BCUT2D eigenvalue weighted by Gasteiger charge is -2.12. The van der Waals surface area contributed by atoms with E-state index in [1.807, 2.05) is 37.4 Å². The van der Waals surface area contributed by atoms with Gasteiger partial charge in [-0.15, -0.1) is 0 Å². The topological polar surface area (TPSA) is 41.6 Å². The van der Waals surface area contributed by atoms with Crippen LogP contribution in [0.2, 0.25) is 10.0 Å². The number of benzene rings is 2. The molecule has 124 valence electrons. The Bertz CT molecular complexity index is 791. The summed E-state index contributed by atoms with van der Waals surface area (Å²) in [6.07, 6.45) is 0. The van der Waals surface area contributed by atoms with Crippen molar-refractivity contribution in [3.05, 3.63) is 81.2 Å². The minimum atomic E-state index is -0.170. The van der Waals surface area contributed by atoms with Crippen molar-refractivity contribution in [1.82, 2.24) is 10.4 Å². The van der Waals surface area contributed by atoms with E-state index in [-0.39, 0.29) is 5.78 Å². The fourth-order valence-corrected chi connectivity index (χ4v) is 2.94. The normalized spacial score (nSPS) is 14.6. The van der Waals surface area contributed by atoms with Crippen molar-refractivity contribution in [2.45, 2.75) is 6.61 Å². The van der Waals surface area contributed by atoms with Crippen molar-refractivity contribution in [1.29, 1.82) is 0 Å². The van der Waals surface area contributed by atoms with Crippen LogP contribution in [0.3, 0.4) is 0 Å². The number of hydrazine groups is 1. The van der Waals surface area contributed by atoms with E-state index in [2.05, 4.69) is 5.43 Å². The summed E-state index contributed by atoms with van der Waals surface area (Å²) in [4.78, 5) is 12.8. The summed E-state index contributed by atoms with van der Waals surface area (Å²) in [7, 11) is 1.84. The number of ketones is 1. The van der Waals surface area contributed by atoms with Crippen LogP contribution in [-0.4, -0.2) is 24.4 Å². The summed E-state index contributed by atoms with van der Waals surface area (Å²) in [6, 6.07) is 14.6. The van der Waals surface area contributed by atoms with Crippen LogP contribution >= 0.6 is 23.2 Å². The first-order chi connectivity index (χ1) is 11.5. The summed E-state index contributed by atoms with van der Waals surface area (Å²) in [5, 5.41) is 2.61. The highest BCUT2D eigenvalue weighted by Gasteiger charge is 2.28. The zero-order valence-corrected chi connectivity index (χ0v) is 14.6. The Balaban J connectivity index is 1.83. The maximum atomic E-state index is 12.8. The monoisotopic (exact) mass is 362 g/mol. The lowest BCUT2D eigenvalue weighted by atomic mass is 10.0. The van der Waals surface area contributed by atoms with Crippen molar-refractivity contribution < 1.29 is 9.53 Å². The van der Waals surface area contributed by atoms with Crippen molar-refractivity contribution in [3.8, 4) is 0 Å². The Morgan fingerprint density at radius 3 is 2.67 bits per heavy atom. The van der Waals surface area contributed by atoms with Gasteiger partial charge < -0.3 is 4.74 Å². The highest BCUT2D eigenvalue weighted by molar-refractivity contribution is 6.37. The maximum absolute atomic E-state index is 12.8. The van der Waals surface area contributed by atoms with E-state index in [4.69, 9.17) is 27.9 Å². The zero-order chi connectivity index (χ0) is 17.1. The first-order valence-corrected chi connectivity index (χ1v) is 8.17. The molecular formula is C18H16Cl2N2O2. The predicted octanol–water partition coefficient (Wildman–Crippen LogP) is 4.05. The molecule has 1 N–H and O–H groups in total. The molecule has 0 unspecified atom stereocenters. The number of Topliss-reactive ketones (excluding diaryl/α,β-unsaturated/α-hetero) is 1. The molecule has 0 fully saturated rings. The van der Waals surface area contributed by atoms with Gasteiger partial charge in [-0.1, -0.05) is 53.5 Å². The van der Waals surface area contributed by atoms with E-state index in [1.54, 1.807) is 23.2 Å². The highest BCUT2D eigenvalue weighted by atomic mass is 35.5. The first-order valence-electron chi connectivity index (χ1n) is 7.42. The van der Waals surface area contributed by atoms with Crippen LogP contribution in [0.5, 0.6) is 0 Å². The van der Waals surface area contributed by atoms with Crippen molar-refractivity contribution in [2.24, 2.45) is 0 Å². The molecule has 0 amide bonds. The number of carbonyl (C=O) groups is 1. The van der Waals surface area contributed by atoms with E-state index in [0.717, 1.165) is 5.56 Å². The van der Waals surface area contributed by atoms with Crippen molar-refractivity contribution >= 4 is 29.0 Å². The lowest BCUT2D eigenvalue weighted by Crippen LogP contribution is -2.28. The molecule has 0 saturated carbocycles. The Labute approximate surface area is 150 Å². The average Bonchev–Trinajstić information content (AvgIpc) is 2.94. The van der Waals surface area contributed by atoms with Gasteiger partial charge in [0, 0.05) is 17.6 Å². The van der Waals surface area contributed by atoms with Gasteiger partial charge in [0.25, 0.3) is 0 Å². The van der Waals surface area contributed by atoms with Crippen LogP contribution in [0.25, 0.3) is 0 Å². The van der Waals surface area contributed by atoms with Gasteiger partial charge in [0.05, 0.1) is 17.1 Å². The smallest absolute Gasteiger partial charge is 0.210 e. The summed E-state index contributed by atoms with van der Waals surface area (Å²) >= 11 is 12.1. The third-order valence-corrected chi connectivity index (χ3v) is 4.19. The molecular weight excluding hydrogens is 347 g/mol. The number of nitrogens with one attached hydrogen (secondary N) is 1. The number of hydrogen-bond donors (Lipinski definition) is 1. The summed E-state index contributed by atoms with van der Waals surface area (Å²) < 4.78 is 5.82. The fraction of sp³-hybridized carbons (Fsp3) is 0.167. The molecule has 4 nitrogen and oxygen atoms in total. The van der Waals surface area contributed by atoms with Gasteiger partial charge >= 0.3 is 0 Å². The Morgan fingerprint density at radius 2 is 1.96 bits per heavy atom. The highest BCUT2D eigenvalue weighted by Crippen LogP contribution is 2.26. The number of carbonyl (C=O) groups excluding carboxylic acids is 1. The van der Waals surface area contributed by atoms with Gasteiger partial charge in [-0.25, -0.2) is 5.01 Å². The van der Waals surface area contributed by atoms with Gasteiger partial charge in [0.1, 0.15) is 6.61 Å². The molecule has 3 rings (SSSR count). The zero-order valence-electron chi connectivity index (χ0n) is 13.1. The second kappa shape index (κ2) is 7.26. The third-order valence-electron chi connectivity index (χ3n) is 3.64. The SMILES string of the molecule is CN1CC(C(=O)c2ccc(Cl)cc2Cl)=C(OCc2ccccc2)N1. The molecule has 1 aliphatic rings. The molecule has 0 spiro atoms. The Hall–Kier alpha value is -2.01. The molecule has 0 radical (unpaired) electrons. The van der Waals surface area contributed by atoms with E-state index in [1.165, 1.54) is 0 Å². The standard InChI is InChI=1S/C18H16Cl2N2O2/c1-22-10-15(17(23)14-8-7-13(19)9-16(14)20)18(21-22)24-11-12-5-3-2-4-6-12/h2-9,21H,10-11H2,1H3. The second-order valence-electron chi connectivity index (χ2n) is 5.50. The van der Waals surface area contributed by atoms with Gasteiger partial charge in [0.15, 0.2) is 5.78 Å². The molecule has 2 aromatic carbocycles. The molecule has 6 heteroatoms. The second-order valence-corrected chi connectivity index (χ2v) is 6.35. The predicted molar refractivity (Wildman–Crippen MR) is 94.8 cm³/mol. The number of likely N-dealkylation sites (N-methyl/N-ethyl adjacent to an activating group) is 1. The van der Waals surface area contributed by atoms with E-state index < -0.39 is 0 Å². The minimum Gasteiger partial charge on any atom is -0.473 e. The van der Waals surface area contributed by atoms with Crippen molar-refractivity contribution in [2.75, 3.05) is 13.6 Å². The van der Waals surface area contributed by atoms with Crippen molar-refractivity contribution in [3.63, 3.8) is 0 Å². The number of ether oxygens (including phenoxy) is 1. The number of halogens is 2. The van der Waals surface area contributed by atoms with Crippen LogP contribution < -0.4 is 5.43 Å². The number of hydrogen-bond acceptors (Lipinski definition) is 4. The van der Waals surface area contributed by atoms with Crippen LogP contribution in [0.15, 0.2) is 60.0 Å². The molecule has 0 atom stereocenters. The summed E-state index contributed by atoms with van der Waals surface area (Å²) in [6.45, 7) is 0.810. The summed E-state index contributed by atoms with van der Waals surface area (Å²) in [5.41, 5.74) is 5.03. The maximum Gasteiger partial charge on any atom is 0.210 e. The molecule has 1 aliphatic heterocycles.